The van der Waals surface area contributed by atoms with E-state index in [1.165, 1.54) is 0 Å². The van der Waals surface area contributed by atoms with E-state index in [1.54, 1.807) is 25.7 Å². The topological polar surface area (TPSA) is 82.1 Å². The van der Waals surface area contributed by atoms with Crippen molar-refractivity contribution in [1.29, 1.82) is 0 Å². The highest BCUT2D eigenvalue weighted by Crippen LogP contribution is 1.99. The second-order valence-corrected chi connectivity index (χ2v) is 4.23. The maximum atomic E-state index is 11.5. The summed E-state index contributed by atoms with van der Waals surface area (Å²) in [6, 6.07) is 0. The first kappa shape index (κ1) is 19.4. The number of esters is 3. The Bertz CT molecular complexity index is 311. The van der Waals surface area contributed by atoms with Crippen molar-refractivity contribution in [1.82, 2.24) is 4.90 Å². The molecule has 0 amide bonds. The highest BCUT2D eigenvalue weighted by Gasteiger charge is 2.16. The zero-order chi connectivity index (χ0) is 16.1. The highest BCUT2D eigenvalue weighted by molar-refractivity contribution is 5.75. The largest absolute Gasteiger partial charge is 0.466 e. The Morgan fingerprint density at radius 2 is 1.19 bits per heavy atom. The van der Waals surface area contributed by atoms with Gasteiger partial charge in [-0.05, 0) is 33.7 Å². The molecule has 0 N–H and O–H groups in total. The van der Waals surface area contributed by atoms with Crippen LogP contribution in [0, 0.1) is 0 Å². The van der Waals surface area contributed by atoms with E-state index in [0.717, 1.165) is 0 Å². The van der Waals surface area contributed by atoms with E-state index in [1.807, 2.05) is 0 Å². The maximum absolute atomic E-state index is 11.5. The summed E-state index contributed by atoms with van der Waals surface area (Å²) >= 11 is 0. The molecule has 122 valence electrons. The molecule has 0 aromatic carbocycles. The molecule has 0 saturated carbocycles. The third-order valence-corrected chi connectivity index (χ3v) is 2.48. The molecule has 0 heterocycles. The van der Waals surface area contributed by atoms with Crippen molar-refractivity contribution in [2.75, 3.05) is 39.5 Å². The summed E-state index contributed by atoms with van der Waals surface area (Å²) in [5.41, 5.74) is 0. The van der Waals surface area contributed by atoms with E-state index in [-0.39, 0.29) is 38.7 Å². The van der Waals surface area contributed by atoms with Gasteiger partial charge in [-0.1, -0.05) is 0 Å². The molecule has 0 spiro atoms. The molecular weight excluding hydrogens is 278 g/mol. The van der Waals surface area contributed by atoms with Crippen LogP contribution in [-0.2, 0) is 28.6 Å². The van der Waals surface area contributed by atoms with Crippen molar-refractivity contribution in [2.24, 2.45) is 0 Å². The molecule has 0 aliphatic carbocycles. The van der Waals surface area contributed by atoms with Gasteiger partial charge in [-0.25, -0.2) is 0 Å². The molecular formula is C14H25NO6. The first-order chi connectivity index (χ1) is 10.0. The molecule has 0 aromatic rings. The maximum Gasteiger partial charge on any atom is 0.320 e. The van der Waals surface area contributed by atoms with Crippen LogP contribution in [0.3, 0.4) is 0 Å². The van der Waals surface area contributed by atoms with Crippen LogP contribution >= 0.6 is 0 Å². The molecule has 0 saturated heterocycles. The molecule has 0 atom stereocenters. The van der Waals surface area contributed by atoms with Gasteiger partial charge in [0, 0.05) is 6.42 Å². The third kappa shape index (κ3) is 10.8. The smallest absolute Gasteiger partial charge is 0.320 e. The molecule has 7 heteroatoms. The molecule has 0 fully saturated rings. The van der Waals surface area contributed by atoms with Gasteiger partial charge < -0.3 is 14.2 Å². The van der Waals surface area contributed by atoms with E-state index in [0.29, 0.717) is 19.6 Å². The lowest BCUT2D eigenvalue weighted by atomic mass is 10.3. The van der Waals surface area contributed by atoms with Crippen LogP contribution in [-0.4, -0.2) is 62.3 Å². The van der Waals surface area contributed by atoms with Crippen molar-refractivity contribution in [3.63, 3.8) is 0 Å². The van der Waals surface area contributed by atoms with Crippen LogP contribution < -0.4 is 0 Å². The third-order valence-electron chi connectivity index (χ3n) is 2.48. The number of hydrogen-bond donors (Lipinski definition) is 0. The lowest BCUT2D eigenvalue weighted by Gasteiger charge is -2.19. The molecule has 21 heavy (non-hydrogen) atoms. The first-order valence-electron chi connectivity index (χ1n) is 7.22. The number of carbonyl (C=O) groups is 3. The summed E-state index contributed by atoms with van der Waals surface area (Å²) < 4.78 is 14.5. The molecule has 0 aromatic heterocycles. The molecule has 0 bridgehead atoms. The summed E-state index contributed by atoms with van der Waals surface area (Å²) in [4.78, 5) is 35.8. The molecule has 0 radical (unpaired) electrons. The van der Waals surface area contributed by atoms with Gasteiger partial charge in [-0.15, -0.1) is 0 Å². The van der Waals surface area contributed by atoms with Gasteiger partial charge in [0.2, 0.25) is 0 Å². The highest BCUT2D eigenvalue weighted by atomic mass is 16.5. The summed E-state index contributed by atoms with van der Waals surface area (Å²) in [6.45, 7) is 6.49. The van der Waals surface area contributed by atoms with Gasteiger partial charge in [0.05, 0.1) is 32.9 Å². The van der Waals surface area contributed by atoms with E-state index in [2.05, 4.69) is 0 Å². The van der Waals surface area contributed by atoms with Crippen molar-refractivity contribution in [3.05, 3.63) is 0 Å². The average molecular weight is 303 g/mol. The fourth-order valence-corrected chi connectivity index (χ4v) is 1.67. The molecule has 0 aliphatic rings. The lowest BCUT2D eigenvalue weighted by Crippen LogP contribution is -2.37. The van der Waals surface area contributed by atoms with E-state index in [9.17, 15) is 14.4 Å². The van der Waals surface area contributed by atoms with Crippen LogP contribution in [0.1, 0.15) is 33.6 Å². The van der Waals surface area contributed by atoms with Crippen molar-refractivity contribution < 1.29 is 28.6 Å². The zero-order valence-corrected chi connectivity index (χ0v) is 13.1. The minimum Gasteiger partial charge on any atom is -0.466 e. The minimum atomic E-state index is -0.405. The molecule has 0 unspecified atom stereocenters. The fraction of sp³-hybridized carbons (Fsp3) is 0.786. The first-order valence-corrected chi connectivity index (χ1v) is 7.22. The van der Waals surface area contributed by atoms with Crippen LogP contribution in [0.25, 0.3) is 0 Å². The van der Waals surface area contributed by atoms with Crippen LogP contribution in [0.15, 0.2) is 0 Å². The Kier molecular flexibility index (Phi) is 11.2. The Labute approximate surface area is 125 Å². The van der Waals surface area contributed by atoms with Gasteiger partial charge in [-0.3, -0.25) is 19.3 Å². The van der Waals surface area contributed by atoms with Gasteiger partial charge >= 0.3 is 17.9 Å². The molecule has 7 nitrogen and oxygen atoms in total. The number of rotatable bonds is 11. The van der Waals surface area contributed by atoms with Gasteiger partial charge in [0.1, 0.15) is 0 Å². The zero-order valence-electron chi connectivity index (χ0n) is 13.1. The number of carbonyl (C=O) groups excluding carboxylic acids is 3. The van der Waals surface area contributed by atoms with Gasteiger partial charge in [0.15, 0.2) is 0 Å². The Hall–Kier alpha value is -1.63. The standard InChI is InChI=1S/C14H25NO6/c1-4-19-12(16)8-7-9-15(10-13(17)20-5-2)11-14(18)21-6-3/h4-11H2,1-3H3. The normalized spacial score (nSPS) is 10.3. The van der Waals surface area contributed by atoms with E-state index < -0.39 is 11.9 Å². The molecule has 0 rings (SSSR count). The summed E-state index contributed by atoms with van der Waals surface area (Å²) in [7, 11) is 0. The number of hydrogen-bond acceptors (Lipinski definition) is 7. The van der Waals surface area contributed by atoms with Crippen LogP contribution in [0.5, 0.6) is 0 Å². The fourth-order valence-electron chi connectivity index (χ4n) is 1.67. The Morgan fingerprint density at radius 1 is 0.762 bits per heavy atom. The quantitative estimate of drug-likeness (QED) is 0.411. The Morgan fingerprint density at radius 3 is 1.62 bits per heavy atom. The van der Waals surface area contributed by atoms with E-state index in [4.69, 9.17) is 14.2 Å². The molecule has 0 aliphatic heterocycles. The van der Waals surface area contributed by atoms with Crippen LogP contribution in [0.2, 0.25) is 0 Å². The predicted octanol–water partition coefficient (Wildman–Crippen LogP) is 0.758. The summed E-state index contributed by atoms with van der Waals surface area (Å²) in [6.07, 6.45) is 0.744. The minimum absolute atomic E-state index is 0.00448. The van der Waals surface area contributed by atoms with Crippen LogP contribution in [0.4, 0.5) is 0 Å². The van der Waals surface area contributed by atoms with Crippen molar-refractivity contribution in [3.8, 4) is 0 Å². The van der Waals surface area contributed by atoms with Crippen molar-refractivity contribution in [2.45, 2.75) is 33.6 Å². The number of nitrogens with zero attached hydrogens (tertiary/aromatic N) is 1. The SMILES string of the molecule is CCOC(=O)CCCN(CC(=O)OCC)CC(=O)OCC. The monoisotopic (exact) mass is 303 g/mol. The van der Waals surface area contributed by atoms with Gasteiger partial charge in [0.25, 0.3) is 0 Å². The summed E-state index contributed by atoms with van der Waals surface area (Å²) in [5.74, 6) is -1.10. The Balaban J connectivity index is 4.26. The average Bonchev–Trinajstić information content (AvgIpc) is 2.39. The predicted molar refractivity (Wildman–Crippen MR) is 75.6 cm³/mol. The van der Waals surface area contributed by atoms with Crippen molar-refractivity contribution >= 4 is 17.9 Å². The van der Waals surface area contributed by atoms with Gasteiger partial charge in [-0.2, -0.15) is 0 Å². The summed E-state index contributed by atoms with van der Waals surface area (Å²) in [5, 5.41) is 0. The second kappa shape index (κ2) is 12.1. The van der Waals surface area contributed by atoms with E-state index >= 15 is 0 Å². The number of ether oxygens (including phenoxy) is 3. The second-order valence-electron chi connectivity index (χ2n) is 4.23. The lowest BCUT2D eigenvalue weighted by molar-refractivity contribution is -0.148.